The number of hydrogen-bond acceptors (Lipinski definition) is 4. The zero-order valence-electron chi connectivity index (χ0n) is 18.9. The van der Waals surface area contributed by atoms with Gasteiger partial charge in [-0.05, 0) is 62.4 Å². The summed E-state index contributed by atoms with van der Waals surface area (Å²) in [6, 6.07) is 17.8. The van der Waals surface area contributed by atoms with Gasteiger partial charge in [-0.1, -0.05) is 48.5 Å². The molecule has 176 valence electrons. The van der Waals surface area contributed by atoms with Crippen molar-refractivity contribution in [3.8, 4) is 0 Å². The quantitative estimate of drug-likeness (QED) is 0.488. The van der Waals surface area contributed by atoms with Crippen LogP contribution in [0, 0.1) is 5.92 Å². The van der Waals surface area contributed by atoms with E-state index in [-0.39, 0.29) is 18.7 Å². The van der Waals surface area contributed by atoms with E-state index in [1.807, 2.05) is 6.07 Å². The van der Waals surface area contributed by atoms with E-state index in [2.05, 4.69) is 39.8 Å². The van der Waals surface area contributed by atoms with Crippen LogP contribution < -0.4 is 10.6 Å². The lowest BCUT2D eigenvalue weighted by Gasteiger charge is -2.32. The van der Waals surface area contributed by atoms with Gasteiger partial charge in [0.25, 0.3) is 5.91 Å². The minimum absolute atomic E-state index is 0.0532. The van der Waals surface area contributed by atoms with Crippen LogP contribution in [0.2, 0.25) is 0 Å². The van der Waals surface area contributed by atoms with E-state index in [0.717, 1.165) is 38.9 Å². The second-order valence-corrected chi connectivity index (χ2v) is 8.61. The Morgan fingerprint density at radius 1 is 0.970 bits per heavy atom. The molecule has 2 aromatic rings. The van der Waals surface area contributed by atoms with E-state index in [1.54, 1.807) is 30.3 Å². The van der Waals surface area contributed by atoms with E-state index < -0.39 is 17.9 Å². The van der Waals surface area contributed by atoms with E-state index >= 15 is 0 Å². The summed E-state index contributed by atoms with van der Waals surface area (Å²) in [4.78, 5) is 38.4. The third-order valence-electron chi connectivity index (χ3n) is 6.13. The van der Waals surface area contributed by atoms with Gasteiger partial charge in [0.2, 0.25) is 5.91 Å². The number of benzene rings is 2. The Hall–Kier alpha value is -3.19. The van der Waals surface area contributed by atoms with Crippen LogP contribution in [-0.4, -0.2) is 53.5 Å². The second kappa shape index (κ2) is 12.7. The van der Waals surface area contributed by atoms with E-state index in [9.17, 15) is 19.5 Å². The molecule has 1 fully saturated rings. The fourth-order valence-corrected chi connectivity index (χ4v) is 4.14. The van der Waals surface area contributed by atoms with Gasteiger partial charge < -0.3 is 15.7 Å². The van der Waals surface area contributed by atoms with Crippen LogP contribution in [0.25, 0.3) is 0 Å². The number of nitrogens with zero attached hydrogens (tertiary/aromatic N) is 1. The second-order valence-electron chi connectivity index (χ2n) is 8.61. The maximum atomic E-state index is 12.2. The number of carbonyl (C=O) groups excluding carboxylic acids is 2. The van der Waals surface area contributed by atoms with Crippen molar-refractivity contribution in [3.63, 3.8) is 0 Å². The first kappa shape index (κ1) is 24.5. The summed E-state index contributed by atoms with van der Waals surface area (Å²) < 4.78 is 0. The molecule has 0 saturated carbocycles. The van der Waals surface area contributed by atoms with Gasteiger partial charge in [-0.15, -0.1) is 0 Å². The predicted molar refractivity (Wildman–Crippen MR) is 127 cm³/mol. The summed E-state index contributed by atoms with van der Waals surface area (Å²) in [6.45, 7) is 3.70. The van der Waals surface area contributed by atoms with Gasteiger partial charge in [-0.2, -0.15) is 0 Å². The maximum Gasteiger partial charge on any atom is 0.326 e. The van der Waals surface area contributed by atoms with E-state index in [4.69, 9.17) is 0 Å². The highest BCUT2D eigenvalue weighted by Gasteiger charge is 2.22. The number of carbonyl (C=O) groups is 3. The van der Waals surface area contributed by atoms with Crippen molar-refractivity contribution >= 4 is 17.8 Å². The van der Waals surface area contributed by atoms with Crippen LogP contribution in [0.4, 0.5) is 0 Å². The minimum atomic E-state index is -1.14. The molecule has 0 aromatic heterocycles. The molecule has 2 amide bonds. The first-order valence-corrected chi connectivity index (χ1v) is 11.6. The Morgan fingerprint density at radius 2 is 1.61 bits per heavy atom. The number of nitrogens with one attached hydrogen (secondary N) is 2. The molecule has 33 heavy (non-hydrogen) atoms. The van der Waals surface area contributed by atoms with Crippen LogP contribution in [0.15, 0.2) is 60.7 Å². The van der Waals surface area contributed by atoms with Gasteiger partial charge in [0.05, 0.1) is 0 Å². The number of hydrogen-bond donors (Lipinski definition) is 3. The molecule has 1 aliphatic rings. The average Bonchev–Trinajstić information content (AvgIpc) is 2.83. The molecule has 3 N–H and O–H groups in total. The minimum Gasteiger partial charge on any atom is -0.480 e. The fraction of sp³-hybridized carbons (Fsp3) is 0.423. The molecule has 0 radical (unpaired) electrons. The lowest BCUT2D eigenvalue weighted by Crippen LogP contribution is -2.41. The summed E-state index contributed by atoms with van der Waals surface area (Å²) in [7, 11) is 0. The largest absolute Gasteiger partial charge is 0.480 e. The molecule has 1 aliphatic heterocycles. The summed E-state index contributed by atoms with van der Waals surface area (Å²) in [5.41, 5.74) is 1.73. The monoisotopic (exact) mass is 451 g/mol. The molecule has 1 heterocycles. The first-order chi connectivity index (χ1) is 16.0. The fourth-order valence-electron chi connectivity index (χ4n) is 4.14. The van der Waals surface area contributed by atoms with Crippen molar-refractivity contribution in [2.45, 2.75) is 44.7 Å². The van der Waals surface area contributed by atoms with Gasteiger partial charge in [0.15, 0.2) is 0 Å². The highest BCUT2D eigenvalue weighted by molar-refractivity contribution is 5.96. The zero-order chi connectivity index (χ0) is 23.5. The smallest absolute Gasteiger partial charge is 0.326 e. The highest BCUT2D eigenvalue weighted by Crippen LogP contribution is 2.21. The Bertz CT molecular complexity index is 896. The van der Waals surface area contributed by atoms with Crippen molar-refractivity contribution in [1.82, 2.24) is 15.5 Å². The number of aliphatic carboxylic acids is 1. The van der Waals surface area contributed by atoms with Crippen LogP contribution >= 0.6 is 0 Å². The molecule has 0 spiro atoms. The van der Waals surface area contributed by atoms with Crippen molar-refractivity contribution in [2.75, 3.05) is 19.6 Å². The molecule has 0 unspecified atom stereocenters. The number of rotatable bonds is 11. The Balaban J connectivity index is 1.31. The third kappa shape index (κ3) is 8.35. The Morgan fingerprint density at radius 3 is 2.24 bits per heavy atom. The van der Waals surface area contributed by atoms with E-state index in [0.29, 0.717) is 18.0 Å². The SMILES string of the molecule is O=C(CC[C@@H](NC(=O)c1ccccc1)C(=O)O)NCCC1CCN(Cc2ccccc2)CC1. The zero-order valence-corrected chi connectivity index (χ0v) is 18.9. The van der Waals surface area contributed by atoms with Crippen molar-refractivity contribution in [1.29, 1.82) is 0 Å². The molecule has 7 nitrogen and oxygen atoms in total. The van der Waals surface area contributed by atoms with Crippen molar-refractivity contribution < 1.29 is 19.5 Å². The lowest BCUT2D eigenvalue weighted by atomic mass is 9.93. The number of carboxylic acid groups (broad SMARTS) is 1. The molecular weight excluding hydrogens is 418 g/mol. The summed E-state index contributed by atoms with van der Waals surface area (Å²) in [5, 5.41) is 14.8. The average molecular weight is 452 g/mol. The molecule has 0 bridgehead atoms. The van der Waals surface area contributed by atoms with Gasteiger partial charge >= 0.3 is 5.97 Å². The molecular formula is C26H33N3O4. The third-order valence-corrected chi connectivity index (χ3v) is 6.13. The van der Waals surface area contributed by atoms with Crippen LogP contribution in [0.1, 0.15) is 48.0 Å². The lowest BCUT2D eigenvalue weighted by molar-refractivity contribution is -0.139. The topological polar surface area (TPSA) is 98.7 Å². The normalized spacial score (nSPS) is 15.5. The summed E-state index contributed by atoms with van der Waals surface area (Å²) >= 11 is 0. The Kier molecular flexibility index (Phi) is 9.44. The number of amides is 2. The maximum absolute atomic E-state index is 12.2. The van der Waals surface area contributed by atoms with Crippen molar-refractivity contribution in [3.05, 3.63) is 71.8 Å². The molecule has 2 aromatic carbocycles. The van der Waals surface area contributed by atoms with Gasteiger partial charge in [-0.25, -0.2) is 4.79 Å². The summed E-state index contributed by atoms with van der Waals surface area (Å²) in [5.74, 6) is -1.19. The van der Waals surface area contributed by atoms with Crippen molar-refractivity contribution in [2.24, 2.45) is 5.92 Å². The number of carboxylic acids is 1. The number of piperidine rings is 1. The van der Waals surface area contributed by atoms with E-state index in [1.165, 1.54) is 5.56 Å². The molecule has 0 aliphatic carbocycles. The van der Waals surface area contributed by atoms with Gasteiger partial charge in [0, 0.05) is 25.1 Å². The molecule has 3 rings (SSSR count). The van der Waals surface area contributed by atoms with Crippen LogP contribution in [0.5, 0.6) is 0 Å². The van der Waals surface area contributed by atoms with Crippen LogP contribution in [0.3, 0.4) is 0 Å². The summed E-state index contributed by atoms with van der Waals surface area (Å²) in [6.07, 6.45) is 3.28. The standard InChI is InChI=1S/C26H33N3O4/c30-24(12-11-23(26(32)33)28-25(31)22-9-5-2-6-10-22)27-16-13-20-14-17-29(18-15-20)19-21-7-3-1-4-8-21/h1-10,20,23H,11-19H2,(H,27,30)(H,28,31)(H,32,33)/t23-/m1/s1. The molecule has 7 heteroatoms. The van der Waals surface area contributed by atoms with Gasteiger partial charge in [0.1, 0.15) is 6.04 Å². The van der Waals surface area contributed by atoms with Gasteiger partial charge in [-0.3, -0.25) is 14.5 Å². The first-order valence-electron chi connectivity index (χ1n) is 11.6. The number of likely N-dealkylation sites (tertiary alicyclic amines) is 1. The Labute approximate surface area is 195 Å². The van der Waals surface area contributed by atoms with Crippen LogP contribution in [-0.2, 0) is 16.1 Å². The molecule has 1 atom stereocenters. The predicted octanol–water partition coefficient (Wildman–Crippen LogP) is 3.07. The molecule has 1 saturated heterocycles. The highest BCUT2D eigenvalue weighted by atomic mass is 16.4.